The van der Waals surface area contributed by atoms with Crippen LogP contribution in [-0.2, 0) is 15.9 Å². The van der Waals surface area contributed by atoms with Gasteiger partial charge in [0.1, 0.15) is 16.9 Å². The number of hydrogen-bond donors (Lipinski definition) is 1. The van der Waals surface area contributed by atoms with Gasteiger partial charge in [-0.05, 0) is 33.1 Å². The lowest BCUT2D eigenvalue weighted by molar-refractivity contribution is -0.0343. The molecule has 37 heavy (non-hydrogen) atoms. The predicted molar refractivity (Wildman–Crippen MR) is 148 cm³/mol. The van der Waals surface area contributed by atoms with E-state index >= 15 is 0 Å². The molecule has 1 N–H and O–H groups in total. The maximum atomic E-state index is 13.2. The molecule has 1 aromatic carbocycles. The van der Waals surface area contributed by atoms with Crippen molar-refractivity contribution in [2.75, 3.05) is 28.4 Å². The van der Waals surface area contributed by atoms with E-state index in [2.05, 4.69) is 26.8 Å². The Bertz CT molecular complexity index is 1190. The molecule has 0 fully saturated rings. The lowest BCUT2D eigenvalue weighted by Crippen LogP contribution is -2.36. The summed E-state index contributed by atoms with van der Waals surface area (Å²) in [5, 5.41) is 10.8. The first-order chi connectivity index (χ1) is 17.6. The molecule has 7 nitrogen and oxygen atoms in total. The topological polar surface area (TPSA) is 87.4 Å². The fourth-order valence-electron chi connectivity index (χ4n) is 4.61. The van der Waals surface area contributed by atoms with Crippen LogP contribution in [0.2, 0.25) is 0 Å². The van der Waals surface area contributed by atoms with E-state index in [9.17, 15) is 9.90 Å². The number of allylic oxidation sites excluding steroid dienone is 5. The van der Waals surface area contributed by atoms with Crippen molar-refractivity contribution in [3.8, 4) is 17.2 Å². The van der Waals surface area contributed by atoms with Gasteiger partial charge in [-0.3, -0.25) is 4.79 Å². The van der Waals surface area contributed by atoms with E-state index in [1.54, 1.807) is 21.1 Å². The van der Waals surface area contributed by atoms with E-state index in [-0.39, 0.29) is 51.9 Å². The Hall–Kier alpha value is -3.03. The van der Waals surface area contributed by atoms with Crippen LogP contribution in [0.1, 0.15) is 45.4 Å². The monoisotopic (exact) mass is 514 g/mol. The van der Waals surface area contributed by atoms with Crippen molar-refractivity contribution in [3.63, 3.8) is 0 Å². The summed E-state index contributed by atoms with van der Waals surface area (Å²) in [4.78, 5) is 13.2. The Balaban J connectivity index is 2.27. The van der Waals surface area contributed by atoms with Crippen LogP contribution in [0.3, 0.4) is 0 Å². The van der Waals surface area contributed by atoms with Gasteiger partial charge in [0.25, 0.3) is 0 Å². The number of hydrogen-bond acceptors (Lipinski definition) is 7. The minimum absolute atomic E-state index is 0.0666. The summed E-state index contributed by atoms with van der Waals surface area (Å²) in [6, 6.07) is 1.48. The van der Waals surface area contributed by atoms with E-state index in [1.165, 1.54) is 25.9 Å². The van der Waals surface area contributed by atoms with Crippen molar-refractivity contribution in [2.24, 2.45) is 11.8 Å². The summed E-state index contributed by atoms with van der Waals surface area (Å²) < 4.78 is 28.3. The van der Waals surface area contributed by atoms with Gasteiger partial charge in [0.15, 0.2) is 16.8 Å². The Labute approximate surface area is 220 Å². The summed E-state index contributed by atoms with van der Waals surface area (Å²) >= 11 is 0. The summed E-state index contributed by atoms with van der Waals surface area (Å²) in [6.45, 7) is 10.0. The first-order valence-electron chi connectivity index (χ1n) is 12.6. The highest BCUT2D eigenvalue weighted by molar-refractivity contribution is 5.91. The fourth-order valence-corrected chi connectivity index (χ4v) is 4.61. The zero-order chi connectivity index (χ0) is 27.7. The Morgan fingerprint density at radius 3 is 2.32 bits per heavy atom. The van der Waals surface area contributed by atoms with Gasteiger partial charge in [0.05, 0.1) is 26.4 Å². The summed E-state index contributed by atoms with van der Waals surface area (Å²) in [5.41, 5.74) is 1.51. The van der Waals surface area contributed by atoms with Gasteiger partial charge in [-0.2, -0.15) is 0 Å². The quantitative estimate of drug-likeness (QED) is 0.321. The fraction of sp³-hybridized carbons (Fsp3) is 0.500. The molecule has 0 bridgehead atoms. The molecule has 7 heteroatoms. The normalized spacial score (nSPS) is 15.9. The number of rotatable bonds is 13. The van der Waals surface area contributed by atoms with Crippen LogP contribution in [0.15, 0.2) is 51.2 Å². The second kappa shape index (κ2) is 14.1. The number of ether oxygens (including phenoxy) is 4. The van der Waals surface area contributed by atoms with Crippen molar-refractivity contribution < 1.29 is 28.5 Å². The van der Waals surface area contributed by atoms with E-state index < -0.39 is 0 Å². The van der Waals surface area contributed by atoms with Crippen LogP contribution < -0.4 is 14.9 Å². The van der Waals surface area contributed by atoms with Gasteiger partial charge in [-0.25, -0.2) is 0 Å². The van der Waals surface area contributed by atoms with Crippen molar-refractivity contribution in [1.82, 2.24) is 0 Å². The van der Waals surface area contributed by atoms with Crippen molar-refractivity contribution in [3.05, 3.63) is 63.6 Å². The highest BCUT2D eigenvalue weighted by Crippen LogP contribution is 2.40. The highest BCUT2D eigenvalue weighted by atomic mass is 16.5. The molecule has 2 rings (SSSR count). The number of aryl methyl sites for hydroxylation is 1. The SMILES string of the molecule is C/C=C(C)/C=C/C=C/[C@H](OC)[C@H](C)[C@@H](OC)[C@H](C)CCc1oc2c(O)c(OC)cc(OC)c2c(=O)c1C. The van der Waals surface area contributed by atoms with Crippen molar-refractivity contribution in [1.29, 1.82) is 0 Å². The molecule has 0 amide bonds. The number of phenolic OH excluding ortho intramolecular Hbond substituents is 1. The van der Waals surface area contributed by atoms with E-state index in [0.29, 0.717) is 29.9 Å². The molecule has 2 aromatic rings. The molecule has 4 atom stereocenters. The van der Waals surface area contributed by atoms with Crippen molar-refractivity contribution >= 4 is 11.0 Å². The van der Waals surface area contributed by atoms with Crippen LogP contribution in [0, 0.1) is 18.8 Å². The largest absolute Gasteiger partial charge is 0.502 e. The molecule has 0 aliphatic rings. The zero-order valence-electron chi connectivity index (χ0n) is 23.6. The van der Waals surface area contributed by atoms with Gasteiger partial charge in [0, 0.05) is 38.2 Å². The minimum atomic E-state index is -0.235. The molecular formula is C30H42O7. The number of methoxy groups -OCH3 is 4. The van der Waals surface area contributed by atoms with Crippen LogP contribution in [-0.4, -0.2) is 45.8 Å². The molecule has 0 spiro atoms. The molecule has 0 saturated carbocycles. The first-order valence-corrected chi connectivity index (χ1v) is 12.6. The summed E-state index contributed by atoms with van der Waals surface area (Å²) in [7, 11) is 6.31. The maximum absolute atomic E-state index is 13.2. The van der Waals surface area contributed by atoms with Crippen LogP contribution in [0.25, 0.3) is 11.0 Å². The molecule has 1 heterocycles. The average molecular weight is 515 g/mol. The Morgan fingerprint density at radius 1 is 1.08 bits per heavy atom. The second-order valence-corrected chi connectivity index (χ2v) is 9.37. The van der Waals surface area contributed by atoms with E-state index in [1.807, 2.05) is 31.2 Å². The zero-order valence-corrected chi connectivity index (χ0v) is 23.6. The third kappa shape index (κ3) is 7.05. The number of benzene rings is 1. The van der Waals surface area contributed by atoms with E-state index in [4.69, 9.17) is 23.4 Å². The average Bonchev–Trinajstić information content (AvgIpc) is 2.90. The van der Waals surface area contributed by atoms with Gasteiger partial charge >= 0.3 is 0 Å². The third-order valence-electron chi connectivity index (χ3n) is 7.03. The summed E-state index contributed by atoms with van der Waals surface area (Å²) in [6.07, 6.45) is 11.1. The second-order valence-electron chi connectivity index (χ2n) is 9.37. The number of aromatic hydroxyl groups is 1. The lowest BCUT2D eigenvalue weighted by Gasteiger charge is -2.32. The first kappa shape index (κ1) is 30.2. The van der Waals surface area contributed by atoms with Crippen LogP contribution >= 0.6 is 0 Å². The van der Waals surface area contributed by atoms with Gasteiger partial charge in [-0.15, -0.1) is 0 Å². The molecule has 1 aromatic heterocycles. The molecule has 0 unspecified atom stereocenters. The van der Waals surface area contributed by atoms with Gasteiger partial charge in [-0.1, -0.05) is 49.8 Å². The number of phenols is 1. The molecular weight excluding hydrogens is 472 g/mol. The molecule has 0 radical (unpaired) electrons. The van der Waals surface area contributed by atoms with Gasteiger partial charge in [0.2, 0.25) is 5.75 Å². The van der Waals surface area contributed by atoms with Crippen LogP contribution in [0.4, 0.5) is 0 Å². The molecule has 204 valence electrons. The third-order valence-corrected chi connectivity index (χ3v) is 7.03. The Morgan fingerprint density at radius 2 is 1.76 bits per heavy atom. The minimum Gasteiger partial charge on any atom is -0.502 e. The lowest BCUT2D eigenvalue weighted by atomic mass is 9.85. The van der Waals surface area contributed by atoms with Crippen LogP contribution in [0.5, 0.6) is 17.2 Å². The molecule has 0 aliphatic carbocycles. The summed E-state index contributed by atoms with van der Waals surface area (Å²) in [5.74, 6) is 0.995. The highest BCUT2D eigenvalue weighted by Gasteiger charge is 2.29. The van der Waals surface area contributed by atoms with Crippen molar-refractivity contribution in [2.45, 2.75) is 59.7 Å². The predicted octanol–water partition coefficient (Wildman–Crippen LogP) is 6.14. The smallest absolute Gasteiger partial charge is 0.202 e. The standard InChI is InChI=1S/C30H42O7/c1-10-18(2)13-11-12-14-22(33-6)21(5)29(36-9)19(3)15-16-23-20(4)27(31)26-24(34-7)17-25(35-8)28(32)30(26)37-23/h10-14,17,19,21-22,29,32H,15-16H2,1-9H3/b13-11+,14-12+,18-10+/t19-,21+,22+,29+/m1/s1. The molecule has 0 aliphatic heterocycles. The van der Waals surface area contributed by atoms with E-state index in [0.717, 1.165) is 0 Å². The molecule has 0 saturated heterocycles. The number of fused-ring (bicyclic) bond motifs is 1. The van der Waals surface area contributed by atoms with Gasteiger partial charge < -0.3 is 28.5 Å². The maximum Gasteiger partial charge on any atom is 0.202 e. The Kier molecular flexibility index (Phi) is 11.5.